The maximum absolute atomic E-state index is 13.0. The largest absolute Gasteiger partial charge is 0.345 e. The van der Waals surface area contributed by atoms with Crippen molar-refractivity contribution in [3.8, 4) is 0 Å². The number of carbonyl (C=O) groups is 1. The summed E-state index contributed by atoms with van der Waals surface area (Å²) in [5.74, 6) is 0.790. The highest BCUT2D eigenvalue weighted by Crippen LogP contribution is 2.21. The molecule has 28 heavy (non-hydrogen) atoms. The molecule has 0 aliphatic carbocycles. The summed E-state index contributed by atoms with van der Waals surface area (Å²) in [6, 6.07) is 13.6. The van der Waals surface area contributed by atoms with Gasteiger partial charge in [-0.25, -0.2) is 4.39 Å². The first-order valence-corrected chi connectivity index (χ1v) is 9.85. The van der Waals surface area contributed by atoms with Crippen LogP contribution in [0.5, 0.6) is 0 Å². The molecule has 1 amide bonds. The Morgan fingerprint density at radius 2 is 1.96 bits per heavy atom. The molecule has 3 rings (SSSR count). The molecule has 0 unspecified atom stereocenters. The number of hydrogen-bond acceptors (Lipinski definition) is 4. The normalized spacial score (nSPS) is 11.1. The second kappa shape index (κ2) is 9.52. The van der Waals surface area contributed by atoms with Crippen molar-refractivity contribution in [3.63, 3.8) is 0 Å². The van der Waals surface area contributed by atoms with E-state index >= 15 is 0 Å². The van der Waals surface area contributed by atoms with Crippen LogP contribution in [0.4, 0.5) is 4.39 Å². The molecular formula is C20H18ClFN4OS. The van der Waals surface area contributed by atoms with E-state index in [4.69, 9.17) is 11.6 Å². The fraction of sp³-hybridized carbons (Fsp3) is 0.150. The van der Waals surface area contributed by atoms with Crippen LogP contribution in [0.2, 0.25) is 5.02 Å². The van der Waals surface area contributed by atoms with E-state index in [-0.39, 0.29) is 18.3 Å². The SMILES string of the molecule is Cn1c(CNC(=O)/C=C/c2ccccc2Cl)nnc1SCc1ccc(F)cc1. The molecule has 1 N–H and O–H groups in total. The van der Waals surface area contributed by atoms with Crippen molar-refractivity contribution in [1.29, 1.82) is 0 Å². The highest BCUT2D eigenvalue weighted by Gasteiger charge is 2.10. The fourth-order valence-corrected chi connectivity index (χ4v) is 3.44. The van der Waals surface area contributed by atoms with E-state index in [9.17, 15) is 9.18 Å². The van der Waals surface area contributed by atoms with Crippen molar-refractivity contribution in [2.45, 2.75) is 17.5 Å². The summed E-state index contributed by atoms with van der Waals surface area (Å²) in [5, 5.41) is 12.4. The van der Waals surface area contributed by atoms with Crippen molar-refractivity contribution >= 4 is 35.3 Å². The molecule has 0 bridgehead atoms. The molecule has 0 atom stereocenters. The molecule has 0 radical (unpaired) electrons. The van der Waals surface area contributed by atoms with Gasteiger partial charge in [-0.3, -0.25) is 4.79 Å². The summed E-state index contributed by atoms with van der Waals surface area (Å²) in [6.07, 6.45) is 3.10. The molecule has 0 aliphatic rings. The van der Waals surface area contributed by atoms with Crippen LogP contribution < -0.4 is 5.32 Å². The Morgan fingerprint density at radius 1 is 1.21 bits per heavy atom. The van der Waals surface area contributed by atoms with Crippen LogP contribution in [-0.2, 0) is 24.1 Å². The maximum atomic E-state index is 13.0. The van der Waals surface area contributed by atoms with E-state index in [1.165, 1.54) is 30.0 Å². The van der Waals surface area contributed by atoms with Gasteiger partial charge in [0.25, 0.3) is 0 Å². The highest BCUT2D eigenvalue weighted by atomic mass is 35.5. The van der Waals surface area contributed by atoms with Gasteiger partial charge in [0.05, 0.1) is 6.54 Å². The number of thioether (sulfide) groups is 1. The van der Waals surface area contributed by atoms with Gasteiger partial charge in [-0.2, -0.15) is 0 Å². The minimum absolute atomic E-state index is 0.247. The lowest BCUT2D eigenvalue weighted by Gasteiger charge is -2.05. The predicted octanol–water partition coefficient (Wildman–Crippen LogP) is 4.23. The Balaban J connectivity index is 1.53. The van der Waals surface area contributed by atoms with Gasteiger partial charge in [0.15, 0.2) is 11.0 Å². The number of aromatic nitrogens is 3. The van der Waals surface area contributed by atoms with Gasteiger partial charge >= 0.3 is 0 Å². The Kier molecular flexibility index (Phi) is 6.84. The first kappa shape index (κ1) is 20.1. The topological polar surface area (TPSA) is 59.8 Å². The third-order valence-corrected chi connectivity index (χ3v) is 5.38. The molecule has 144 valence electrons. The number of nitrogens with one attached hydrogen (secondary N) is 1. The number of halogens is 2. The Labute approximate surface area is 171 Å². The highest BCUT2D eigenvalue weighted by molar-refractivity contribution is 7.98. The van der Waals surface area contributed by atoms with E-state index in [0.29, 0.717) is 16.6 Å². The molecule has 1 aromatic heterocycles. The number of rotatable bonds is 7. The summed E-state index contributed by atoms with van der Waals surface area (Å²) in [7, 11) is 1.84. The molecular weight excluding hydrogens is 399 g/mol. The van der Waals surface area contributed by atoms with Gasteiger partial charge in [0.1, 0.15) is 5.82 Å². The number of nitrogens with zero attached hydrogens (tertiary/aromatic N) is 3. The van der Waals surface area contributed by atoms with Crippen LogP contribution in [0.1, 0.15) is 17.0 Å². The third-order valence-electron chi connectivity index (χ3n) is 3.95. The molecule has 0 aliphatic heterocycles. The standard InChI is InChI=1S/C20H18ClFN4OS/c1-26-18(12-23-19(27)11-8-15-4-2-3-5-17(15)21)24-25-20(26)28-13-14-6-9-16(22)10-7-14/h2-11H,12-13H2,1H3,(H,23,27)/b11-8+. The maximum Gasteiger partial charge on any atom is 0.244 e. The van der Waals surface area contributed by atoms with Crippen molar-refractivity contribution < 1.29 is 9.18 Å². The van der Waals surface area contributed by atoms with Crippen molar-refractivity contribution in [3.05, 3.63) is 82.4 Å². The van der Waals surface area contributed by atoms with Gasteiger partial charge in [0.2, 0.25) is 5.91 Å². The minimum atomic E-state index is -0.256. The fourth-order valence-electron chi connectivity index (χ4n) is 2.35. The predicted molar refractivity (Wildman–Crippen MR) is 109 cm³/mol. The summed E-state index contributed by atoms with van der Waals surface area (Å²) < 4.78 is 14.8. The smallest absolute Gasteiger partial charge is 0.244 e. The minimum Gasteiger partial charge on any atom is -0.345 e. The number of carbonyl (C=O) groups excluding carboxylic acids is 1. The zero-order chi connectivity index (χ0) is 19.9. The van der Waals surface area contributed by atoms with Crippen molar-refractivity contribution in [1.82, 2.24) is 20.1 Å². The molecule has 8 heteroatoms. The van der Waals surface area contributed by atoms with Crippen LogP contribution in [0.25, 0.3) is 6.08 Å². The first-order chi connectivity index (χ1) is 13.5. The van der Waals surface area contributed by atoms with E-state index < -0.39 is 0 Å². The lowest BCUT2D eigenvalue weighted by Crippen LogP contribution is -2.22. The average Bonchev–Trinajstić information content (AvgIpc) is 3.05. The monoisotopic (exact) mass is 416 g/mol. The molecule has 1 heterocycles. The van der Waals surface area contributed by atoms with E-state index in [1.54, 1.807) is 24.3 Å². The Morgan fingerprint density at radius 3 is 2.71 bits per heavy atom. The molecule has 3 aromatic rings. The molecule has 0 saturated heterocycles. The average molecular weight is 417 g/mol. The second-order valence-corrected chi connectivity index (χ2v) is 7.30. The Hall–Kier alpha value is -2.64. The summed E-state index contributed by atoms with van der Waals surface area (Å²) in [6.45, 7) is 0.256. The van der Waals surface area contributed by atoms with Crippen LogP contribution >= 0.6 is 23.4 Å². The van der Waals surface area contributed by atoms with Crippen LogP contribution in [0, 0.1) is 5.82 Å². The quantitative estimate of drug-likeness (QED) is 0.462. The molecule has 0 spiro atoms. The lowest BCUT2D eigenvalue weighted by atomic mass is 10.2. The second-order valence-electron chi connectivity index (χ2n) is 5.95. The third kappa shape index (κ3) is 5.43. The van der Waals surface area contributed by atoms with Gasteiger partial charge in [-0.15, -0.1) is 10.2 Å². The zero-order valence-electron chi connectivity index (χ0n) is 15.1. The van der Waals surface area contributed by atoms with Gasteiger partial charge in [0, 0.05) is 23.9 Å². The lowest BCUT2D eigenvalue weighted by molar-refractivity contribution is -0.116. The van der Waals surface area contributed by atoms with Crippen molar-refractivity contribution in [2.24, 2.45) is 7.05 Å². The van der Waals surface area contributed by atoms with Crippen molar-refractivity contribution in [2.75, 3.05) is 0 Å². The molecule has 0 saturated carbocycles. The molecule has 0 fully saturated rings. The van der Waals surface area contributed by atoms with Gasteiger partial charge in [-0.1, -0.05) is 53.7 Å². The van der Waals surface area contributed by atoms with Crippen LogP contribution in [0.3, 0.4) is 0 Å². The summed E-state index contributed by atoms with van der Waals surface area (Å²) >= 11 is 7.56. The van der Waals surface area contributed by atoms with Crippen LogP contribution in [-0.4, -0.2) is 20.7 Å². The number of benzene rings is 2. The van der Waals surface area contributed by atoms with E-state index in [1.807, 2.05) is 29.8 Å². The summed E-state index contributed by atoms with van der Waals surface area (Å²) in [4.78, 5) is 12.0. The van der Waals surface area contributed by atoms with E-state index in [0.717, 1.165) is 16.3 Å². The van der Waals surface area contributed by atoms with Crippen LogP contribution in [0.15, 0.2) is 59.8 Å². The van der Waals surface area contributed by atoms with Gasteiger partial charge in [-0.05, 0) is 35.4 Å². The number of hydrogen-bond donors (Lipinski definition) is 1. The number of amides is 1. The van der Waals surface area contributed by atoms with Gasteiger partial charge < -0.3 is 9.88 Å². The van der Waals surface area contributed by atoms with E-state index in [2.05, 4.69) is 15.5 Å². The molecule has 2 aromatic carbocycles. The first-order valence-electron chi connectivity index (χ1n) is 8.49. The molecule has 5 nitrogen and oxygen atoms in total. The zero-order valence-corrected chi connectivity index (χ0v) is 16.7. The summed E-state index contributed by atoms with van der Waals surface area (Å²) in [5.41, 5.74) is 1.77. The Bertz CT molecular complexity index is 988.